The molecule has 0 spiro atoms. The Balaban J connectivity index is 1.47. The molecule has 1 fully saturated rings. The molecule has 0 saturated heterocycles. The van der Waals surface area contributed by atoms with Crippen LogP contribution in [0.2, 0.25) is 0 Å². The highest BCUT2D eigenvalue weighted by Gasteiger charge is 2.72. The van der Waals surface area contributed by atoms with Crippen LogP contribution in [-0.2, 0) is 5.41 Å². The molecule has 28 heavy (non-hydrogen) atoms. The lowest BCUT2D eigenvalue weighted by molar-refractivity contribution is 0.820. The summed E-state index contributed by atoms with van der Waals surface area (Å²) < 4.78 is 2.81. The lowest BCUT2D eigenvalue weighted by Gasteiger charge is -2.16. The molecular formula is C25H16S3. The highest BCUT2D eigenvalue weighted by Crippen LogP contribution is 2.77. The van der Waals surface area contributed by atoms with Crippen molar-refractivity contribution in [1.29, 1.82) is 0 Å². The van der Waals surface area contributed by atoms with Gasteiger partial charge in [0.1, 0.15) is 0 Å². The van der Waals surface area contributed by atoms with E-state index in [2.05, 4.69) is 96.7 Å². The van der Waals surface area contributed by atoms with E-state index in [1.54, 1.807) is 15.3 Å². The first kappa shape index (κ1) is 15.8. The molecule has 1 aliphatic carbocycles. The Morgan fingerprint density at radius 1 is 0.679 bits per heavy atom. The molecule has 134 valence electrons. The van der Waals surface area contributed by atoms with Crippen molar-refractivity contribution in [2.24, 2.45) is 0 Å². The fraction of sp³-hybridized carbons (Fsp3) is 0.120. The molecular weight excluding hydrogens is 396 g/mol. The van der Waals surface area contributed by atoms with E-state index in [-0.39, 0.29) is 5.41 Å². The normalized spacial score (nSPS) is 25.1. The summed E-state index contributed by atoms with van der Waals surface area (Å²) in [5.41, 5.74) is 1.69. The second-order valence-electron chi connectivity index (χ2n) is 7.72. The molecule has 3 heteroatoms. The van der Waals surface area contributed by atoms with Crippen molar-refractivity contribution in [3.05, 3.63) is 100 Å². The summed E-state index contributed by atoms with van der Waals surface area (Å²) in [6.45, 7) is 0. The maximum absolute atomic E-state index is 2.46. The van der Waals surface area contributed by atoms with Gasteiger partial charge in [0.15, 0.2) is 0 Å². The fourth-order valence-corrected chi connectivity index (χ4v) is 9.61. The monoisotopic (exact) mass is 412 g/mol. The predicted molar refractivity (Wildman–Crippen MR) is 123 cm³/mol. The van der Waals surface area contributed by atoms with Crippen molar-refractivity contribution in [1.82, 2.24) is 0 Å². The van der Waals surface area contributed by atoms with Crippen molar-refractivity contribution in [2.45, 2.75) is 21.5 Å². The zero-order valence-corrected chi connectivity index (χ0v) is 17.4. The maximum Gasteiger partial charge on any atom is 0.0524 e. The molecule has 3 aromatic carbocycles. The standard InChI is InChI=1S/C25H16S3/c1-4-10-18-15(7-1)13-21(26-18)23-24-25(23,17-9-3-6-12-20(17)28-24)22-14-16-8-2-5-11-19(16)27-22/h1-14,23-24H. The molecule has 2 aliphatic rings. The van der Waals surface area contributed by atoms with Gasteiger partial charge in [-0.25, -0.2) is 0 Å². The lowest BCUT2D eigenvalue weighted by Crippen LogP contribution is -2.10. The Hall–Kier alpha value is -2.07. The minimum atomic E-state index is 0.145. The molecule has 3 atom stereocenters. The van der Waals surface area contributed by atoms with E-state index in [1.165, 1.54) is 25.1 Å². The van der Waals surface area contributed by atoms with Crippen LogP contribution >= 0.6 is 34.4 Å². The minimum Gasteiger partial charge on any atom is -0.140 e. The Kier molecular flexibility index (Phi) is 3.11. The van der Waals surface area contributed by atoms with Crippen LogP contribution in [0.5, 0.6) is 0 Å². The number of thioether (sulfide) groups is 1. The average Bonchev–Trinajstić information content (AvgIpc) is 3.12. The topological polar surface area (TPSA) is 0 Å². The van der Waals surface area contributed by atoms with E-state index in [4.69, 9.17) is 0 Å². The van der Waals surface area contributed by atoms with E-state index in [0.29, 0.717) is 11.2 Å². The molecule has 5 aromatic rings. The first-order chi connectivity index (χ1) is 13.9. The van der Waals surface area contributed by atoms with Gasteiger partial charge in [0.2, 0.25) is 0 Å². The van der Waals surface area contributed by atoms with Crippen LogP contribution in [0.3, 0.4) is 0 Å². The van der Waals surface area contributed by atoms with Crippen molar-refractivity contribution in [2.75, 3.05) is 0 Å². The molecule has 0 nitrogen and oxygen atoms in total. The molecule has 0 radical (unpaired) electrons. The van der Waals surface area contributed by atoms with Gasteiger partial charge in [-0.1, -0.05) is 54.6 Å². The average molecular weight is 413 g/mol. The molecule has 7 rings (SSSR count). The van der Waals surface area contributed by atoms with Crippen LogP contribution in [-0.4, -0.2) is 5.25 Å². The zero-order valence-electron chi connectivity index (χ0n) is 15.0. The van der Waals surface area contributed by atoms with Crippen LogP contribution in [0, 0.1) is 0 Å². The van der Waals surface area contributed by atoms with Gasteiger partial charge in [-0.15, -0.1) is 34.4 Å². The van der Waals surface area contributed by atoms with Gasteiger partial charge in [0.05, 0.1) is 5.41 Å². The molecule has 2 aromatic heterocycles. The molecule has 0 bridgehead atoms. The Bertz CT molecular complexity index is 1310. The Labute approximate surface area is 175 Å². The fourth-order valence-electron chi connectivity index (χ4n) is 5.03. The summed E-state index contributed by atoms with van der Waals surface area (Å²) in [5, 5.41) is 3.38. The van der Waals surface area contributed by atoms with Crippen molar-refractivity contribution < 1.29 is 0 Å². The minimum absolute atomic E-state index is 0.145. The third-order valence-corrected chi connectivity index (χ3v) is 10.3. The summed E-state index contributed by atoms with van der Waals surface area (Å²) >= 11 is 6.08. The number of rotatable bonds is 2. The maximum atomic E-state index is 2.46. The molecule has 1 aliphatic heterocycles. The number of hydrogen-bond acceptors (Lipinski definition) is 3. The Morgan fingerprint density at radius 2 is 1.36 bits per heavy atom. The predicted octanol–water partition coefficient (Wildman–Crippen LogP) is 7.67. The molecule has 3 heterocycles. The van der Waals surface area contributed by atoms with Gasteiger partial charge in [0.25, 0.3) is 0 Å². The van der Waals surface area contributed by atoms with Crippen LogP contribution in [0.4, 0.5) is 0 Å². The second-order valence-corrected chi connectivity index (χ2v) is 11.1. The largest absolute Gasteiger partial charge is 0.140 e. The van der Waals surface area contributed by atoms with Gasteiger partial charge in [-0.2, -0.15) is 0 Å². The third-order valence-electron chi connectivity index (χ3n) is 6.30. The van der Waals surface area contributed by atoms with Gasteiger partial charge in [0, 0.05) is 35.2 Å². The van der Waals surface area contributed by atoms with Gasteiger partial charge in [-0.3, -0.25) is 0 Å². The number of hydrogen-bond donors (Lipinski definition) is 0. The Morgan fingerprint density at radius 3 is 2.14 bits per heavy atom. The van der Waals surface area contributed by atoms with Crippen molar-refractivity contribution in [3.63, 3.8) is 0 Å². The number of thiophene rings is 2. The first-order valence-electron chi connectivity index (χ1n) is 9.59. The zero-order chi connectivity index (χ0) is 18.3. The lowest BCUT2D eigenvalue weighted by atomic mass is 9.90. The van der Waals surface area contributed by atoms with E-state index in [0.717, 1.165) is 0 Å². The van der Waals surface area contributed by atoms with Crippen LogP contribution in [0.25, 0.3) is 20.2 Å². The smallest absolute Gasteiger partial charge is 0.0524 e. The SMILES string of the molecule is c1ccc2c(c1)SC1C(c3cc4ccccc4s3)C21c1cc2ccccc2s1. The van der Waals surface area contributed by atoms with E-state index in [9.17, 15) is 0 Å². The van der Waals surface area contributed by atoms with Gasteiger partial charge < -0.3 is 0 Å². The summed E-state index contributed by atoms with van der Waals surface area (Å²) in [7, 11) is 0. The van der Waals surface area contributed by atoms with Gasteiger partial charge in [-0.05, 0) is 46.7 Å². The summed E-state index contributed by atoms with van der Waals surface area (Å²) in [4.78, 5) is 4.56. The molecule has 3 unspecified atom stereocenters. The number of fused-ring (bicyclic) bond motifs is 5. The second kappa shape index (κ2) is 5.50. The summed E-state index contributed by atoms with van der Waals surface area (Å²) in [5.74, 6) is 0.581. The number of benzene rings is 3. The first-order valence-corrected chi connectivity index (χ1v) is 12.1. The summed E-state index contributed by atoms with van der Waals surface area (Å²) in [6.07, 6.45) is 0. The third kappa shape index (κ3) is 1.92. The van der Waals surface area contributed by atoms with Crippen LogP contribution in [0.15, 0.2) is 89.8 Å². The molecule has 0 N–H and O–H groups in total. The quantitative estimate of drug-likeness (QED) is 0.286. The molecule has 0 amide bonds. The van der Waals surface area contributed by atoms with Crippen LogP contribution in [0.1, 0.15) is 21.2 Å². The van der Waals surface area contributed by atoms with E-state index in [1.807, 2.05) is 22.7 Å². The summed E-state index contributed by atoms with van der Waals surface area (Å²) in [6, 6.07) is 31.6. The highest BCUT2D eigenvalue weighted by molar-refractivity contribution is 8.00. The highest BCUT2D eigenvalue weighted by atomic mass is 32.2. The van der Waals surface area contributed by atoms with Crippen LogP contribution < -0.4 is 0 Å². The van der Waals surface area contributed by atoms with Gasteiger partial charge >= 0.3 is 0 Å². The van der Waals surface area contributed by atoms with Crippen molar-refractivity contribution >= 4 is 54.6 Å². The van der Waals surface area contributed by atoms with E-state index < -0.39 is 0 Å². The van der Waals surface area contributed by atoms with Crippen molar-refractivity contribution in [3.8, 4) is 0 Å². The van der Waals surface area contributed by atoms with E-state index >= 15 is 0 Å². The molecule has 1 saturated carbocycles.